The van der Waals surface area contributed by atoms with Gasteiger partial charge in [0.1, 0.15) is 4.88 Å². The fourth-order valence-corrected chi connectivity index (χ4v) is 3.43. The van der Waals surface area contributed by atoms with Crippen molar-refractivity contribution < 1.29 is 9.59 Å². The molecule has 3 nitrogen and oxygen atoms in total. The van der Waals surface area contributed by atoms with Crippen LogP contribution in [0.1, 0.15) is 19.3 Å². The first kappa shape index (κ1) is 13.5. The molecule has 0 saturated heterocycles. The molecular weight excluding hydrogens is 313 g/mol. The fraction of sp³-hybridized carbons (Fsp3) is 0.0909. The molecule has 2 aromatic rings. The number of thiophene rings is 2. The molecule has 18 heavy (non-hydrogen) atoms. The molecule has 0 spiro atoms. The van der Waals surface area contributed by atoms with E-state index in [1.807, 2.05) is 0 Å². The Labute approximate surface area is 121 Å². The van der Waals surface area contributed by atoms with E-state index in [4.69, 9.17) is 23.2 Å². The average Bonchev–Trinajstić information content (AvgIpc) is 2.94. The third-order valence-corrected chi connectivity index (χ3v) is 4.83. The van der Waals surface area contributed by atoms with Gasteiger partial charge >= 0.3 is 0 Å². The maximum atomic E-state index is 11.8. The Morgan fingerprint density at radius 1 is 1.06 bits per heavy atom. The topological polar surface area (TPSA) is 46.2 Å². The van der Waals surface area contributed by atoms with E-state index in [9.17, 15) is 9.59 Å². The molecule has 1 amide bonds. The number of nitrogens with one attached hydrogen (secondary N) is 1. The Morgan fingerprint density at radius 2 is 1.61 bits per heavy atom. The summed E-state index contributed by atoms with van der Waals surface area (Å²) in [5.41, 5.74) is 0. The lowest BCUT2D eigenvalue weighted by Gasteiger charge is -2.02. The minimum absolute atomic E-state index is 0.0900. The van der Waals surface area contributed by atoms with Crippen LogP contribution in [-0.4, -0.2) is 18.2 Å². The molecule has 0 radical (unpaired) electrons. The zero-order valence-electron chi connectivity index (χ0n) is 8.91. The van der Waals surface area contributed by atoms with Crippen LogP contribution >= 0.6 is 45.9 Å². The second kappa shape index (κ2) is 5.84. The second-order valence-corrected chi connectivity index (χ2v) is 5.95. The van der Waals surface area contributed by atoms with Crippen molar-refractivity contribution >= 4 is 57.6 Å². The van der Waals surface area contributed by atoms with Crippen LogP contribution in [0.5, 0.6) is 0 Å². The molecule has 0 aliphatic heterocycles. The van der Waals surface area contributed by atoms with E-state index in [1.54, 1.807) is 22.9 Å². The first-order chi connectivity index (χ1) is 8.59. The van der Waals surface area contributed by atoms with Gasteiger partial charge in [0.25, 0.3) is 5.91 Å². The van der Waals surface area contributed by atoms with Gasteiger partial charge in [0.05, 0.1) is 21.5 Å². The summed E-state index contributed by atoms with van der Waals surface area (Å²) in [6.45, 7) is -0.0900. The molecule has 2 rings (SSSR count). The summed E-state index contributed by atoms with van der Waals surface area (Å²) in [6.07, 6.45) is 0. The first-order valence-corrected chi connectivity index (χ1v) is 7.38. The number of amides is 1. The number of carbonyl (C=O) groups excluding carboxylic acids is 2. The van der Waals surface area contributed by atoms with Crippen LogP contribution in [0.4, 0.5) is 0 Å². The monoisotopic (exact) mass is 319 g/mol. The molecule has 0 unspecified atom stereocenters. The van der Waals surface area contributed by atoms with E-state index < -0.39 is 0 Å². The highest BCUT2D eigenvalue weighted by atomic mass is 35.5. The van der Waals surface area contributed by atoms with Crippen molar-refractivity contribution in [1.29, 1.82) is 0 Å². The smallest absolute Gasteiger partial charge is 0.263 e. The van der Waals surface area contributed by atoms with Gasteiger partial charge in [-0.15, -0.1) is 22.7 Å². The average molecular weight is 320 g/mol. The van der Waals surface area contributed by atoms with Crippen LogP contribution in [0, 0.1) is 0 Å². The SMILES string of the molecule is O=C(CNC(=O)c1sccc1Cl)c1sccc1Cl. The van der Waals surface area contributed by atoms with Crippen LogP contribution < -0.4 is 5.32 Å². The van der Waals surface area contributed by atoms with Crippen LogP contribution in [0.25, 0.3) is 0 Å². The minimum atomic E-state index is -0.351. The van der Waals surface area contributed by atoms with E-state index in [-0.39, 0.29) is 18.2 Å². The minimum Gasteiger partial charge on any atom is -0.344 e. The summed E-state index contributed by atoms with van der Waals surface area (Å²) in [6, 6.07) is 3.29. The predicted octanol–water partition coefficient (Wildman–Crippen LogP) is 3.73. The lowest BCUT2D eigenvalue weighted by atomic mass is 10.3. The summed E-state index contributed by atoms with van der Waals surface area (Å²) in [4.78, 5) is 24.3. The summed E-state index contributed by atoms with van der Waals surface area (Å²) in [5, 5.41) is 6.77. The maximum absolute atomic E-state index is 11.8. The predicted molar refractivity (Wildman–Crippen MR) is 75.3 cm³/mol. The van der Waals surface area contributed by atoms with Crippen LogP contribution in [0.2, 0.25) is 10.0 Å². The molecule has 2 heterocycles. The van der Waals surface area contributed by atoms with Crippen molar-refractivity contribution in [2.45, 2.75) is 0 Å². The highest BCUT2D eigenvalue weighted by Gasteiger charge is 2.15. The van der Waals surface area contributed by atoms with Gasteiger partial charge in [-0.3, -0.25) is 9.59 Å². The molecule has 1 N–H and O–H groups in total. The van der Waals surface area contributed by atoms with Gasteiger partial charge < -0.3 is 5.32 Å². The molecule has 0 saturated carbocycles. The summed E-state index contributed by atoms with van der Waals surface area (Å²) in [5.74, 6) is -0.563. The molecule has 0 fully saturated rings. The van der Waals surface area contributed by atoms with Gasteiger partial charge in [0.15, 0.2) is 5.78 Å². The van der Waals surface area contributed by atoms with E-state index in [0.717, 1.165) is 0 Å². The van der Waals surface area contributed by atoms with Crippen LogP contribution in [-0.2, 0) is 0 Å². The van der Waals surface area contributed by atoms with E-state index in [0.29, 0.717) is 19.8 Å². The summed E-state index contributed by atoms with van der Waals surface area (Å²) >= 11 is 14.1. The van der Waals surface area contributed by atoms with Gasteiger partial charge in [-0.2, -0.15) is 0 Å². The van der Waals surface area contributed by atoms with Crippen molar-refractivity contribution in [3.8, 4) is 0 Å². The molecular formula is C11H7Cl2NO2S2. The largest absolute Gasteiger partial charge is 0.344 e. The van der Waals surface area contributed by atoms with Gasteiger partial charge in [-0.25, -0.2) is 0 Å². The molecule has 0 aliphatic rings. The van der Waals surface area contributed by atoms with Crippen molar-refractivity contribution in [3.63, 3.8) is 0 Å². The van der Waals surface area contributed by atoms with Crippen molar-refractivity contribution in [2.75, 3.05) is 6.54 Å². The standard InChI is InChI=1S/C11H7Cl2NO2S2/c12-6-1-3-17-9(6)8(15)5-14-11(16)10-7(13)2-4-18-10/h1-4H,5H2,(H,14,16). The van der Waals surface area contributed by atoms with Gasteiger partial charge in [0.2, 0.25) is 0 Å². The Morgan fingerprint density at radius 3 is 2.11 bits per heavy atom. The molecule has 0 atom stereocenters. The number of ketones is 1. The number of hydrogen-bond donors (Lipinski definition) is 1. The Balaban J connectivity index is 1.97. The van der Waals surface area contributed by atoms with Gasteiger partial charge in [-0.05, 0) is 22.9 Å². The Kier molecular flexibility index (Phi) is 4.40. The highest BCUT2D eigenvalue weighted by Crippen LogP contribution is 2.23. The number of halogens is 2. The molecule has 94 valence electrons. The number of rotatable bonds is 4. The quantitative estimate of drug-likeness (QED) is 0.873. The van der Waals surface area contributed by atoms with E-state index >= 15 is 0 Å². The third kappa shape index (κ3) is 2.92. The normalized spacial score (nSPS) is 10.3. The Bertz CT molecular complexity index is 539. The van der Waals surface area contributed by atoms with Gasteiger partial charge in [0, 0.05) is 0 Å². The van der Waals surface area contributed by atoms with Gasteiger partial charge in [-0.1, -0.05) is 23.2 Å². The number of carbonyl (C=O) groups is 2. The first-order valence-electron chi connectivity index (χ1n) is 4.87. The zero-order valence-corrected chi connectivity index (χ0v) is 12.1. The molecule has 0 aromatic carbocycles. The number of Topliss-reactive ketones (excluding diaryl/α,β-unsaturated/α-hetero) is 1. The third-order valence-electron chi connectivity index (χ3n) is 2.10. The summed E-state index contributed by atoms with van der Waals surface area (Å²) < 4.78 is 0. The number of hydrogen-bond acceptors (Lipinski definition) is 4. The highest BCUT2D eigenvalue weighted by molar-refractivity contribution is 7.13. The van der Waals surface area contributed by atoms with E-state index in [1.165, 1.54) is 22.7 Å². The maximum Gasteiger partial charge on any atom is 0.263 e. The lowest BCUT2D eigenvalue weighted by Crippen LogP contribution is -2.28. The zero-order chi connectivity index (χ0) is 13.1. The molecule has 7 heteroatoms. The second-order valence-electron chi connectivity index (χ2n) is 3.30. The molecule has 0 bridgehead atoms. The Hall–Kier alpha value is -0.880. The lowest BCUT2D eigenvalue weighted by molar-refractivity contribution is 0.0908. The van der Waals surface area contributed by atoms with Crippen molar-refractivity contribution in [2.24, 2.45) is 0 Å². The fourth-order valence-electron chi connectivity index (χ4n) is 1.27. The van der Waals surface area contributed by atoms with Crippen LogP contribution in [0.3, 0.4) is 0 Å². The van der Waals surface area contributed by atoms with Crippen LogP contribution in [0.15, 0.2) is 22.9 Å². The van der Waals surface area contributed by atoms with Crippen molar-refractivity contribution in [1.82, 2.24) is 5.32 Å². The molecule has 2 aromatic heterocycles. The summed E-state index contributed by atoms with van der Waals surface area (Å²) in [7, 11) is 0. The van der Waals surface area contributed by atoms with E-state index in [2.05, 4.69) is 5.32 Å². The van der Waals surface area contributed by atoms with Crippen molar-refractivity contribution in [3.05, 3.63) is 42.7 Å². The molecule has 0 aliphatic carbocycles.